The molecule has 0 bridgehead atoms. The molecule has 0 radical (unpaired) electrons. The molecule has 1 atom stereocenters. The predicted octanol–water partition coefficient (Wildman–Crippen LogP) is 4.24. The summed E-state index contributed by atoms with van der Waals surface area (Å²) in [4.78, 5) is 17.7. The van der Waals surface area contributed by atoms with E-state index in [1.807, 2.05) is 48.5 Å². The highest BCUT2D eigenvalue weighted by Crippen LogP contribution is 2.32. The Labute approximate surface area is 155 Å². The Balaban J connectivity index is 1.84. The largest absolute Gasteiger partial charge is 0.394 e. The monoisotopic (exact) mass is 372 g/mol. The molecule has 2 N–H and O–H groups in total. The Bertz CT molecular complexity index is 880. The van der Waals surface area contributed by atoms with Crippen LogP contribution in [0.4, 0.5) is 0 Å². The van der Waals surface area contributed by atoms with Crippen molar-refractivity contribution in [1.82, 2.24) is 10.3 Å². The van der Waals surface area contributed by atoms with Crippen LogP contribution in [0.2, 0.25) is 5.02 Å². The minimum absolute atomic E-state index is 0.176. The molecule has 0 saturated carbocycles. The van der Waals surface area contributed by atoms with Crippen LogP contribution in [0.3, 0.4) is 0 Å². The lowest BCUT2D eigenvalue weighted by Crippen LogP contribution is -2.30. The molecule has 0 unspecified atom stereocenters. The average molecular weight is 373 g/mol. The summed E-state index contributed by atoms with van der Waals surface area (Å²) in [6.07, 6.45) is 0. The minimum atomic E-state index is -0.459. The summed E-state index contributed by atoms with van der Waals surface area (Å²) in [7, 11) is 0. The first-order valence-electron chi connectivity index (χ1n) is 7.79. The zero-order valence-electron chi connectivity index (χ0n) is 13.6. The van der Waals surface area contributed by atoms with Gasteiger partial charge in [-0.3, -0.25) is 4.79 Å². The van der Waals surface area contributed by atoms with Gasteiger partial charge in [0.2, 0.25) is 0 Å². The van der Waals surface area contributed by atoms with E-state index < -0.39 is 6.04 Å². The Morgan fingerprint density at radius 1 is 1.20 bits per heavy atom. The lowest BCUT2D eigenvalue weighted by atomic mass is 10.1. The van der Waals surface area contributed by atoms with Gasteiger partial charge < -0.3 is 10.4 Å². The van der Waals surface area contributed by atoms with E-state index in [0.29, 0.717) is 20.6 Å². The van der Waals surface area contributed by atoms with E-state index in [4.69, 9.17) is 11.6 Å². The van der Waals surface area contributed by atoms with Crippen molar-refractivity contribution >= 4 is 28.8 Å². The fourth-order valence-corrected chi connectivity index (χ4v) is 3.79. The highest BCUT2D eigenvalue weighted by Gasteiger charge is 2.20. The molecule has 1 amide bonds. The molecule has 3 aromatic rings. The Morgan fingerprint density at radius 3 is 2.56 bits per heavy atom. The molecular weight excluding hydrogens is 356 g/mol. The number of nitrogens with zero attached hydrogens (tertiary/aromatic N) is 1. The second-order valence-electron chi connectivity index (χ2n) is 5.53. The maximum Gasteiger partial charge on any atom is 0.263 e. The molecule has 0 aliphatic carbocycles. The zero-order valence-corrected chi connectivity index (χ0v) is 15.1. The molecule has 25 heavy (non-hydrogen) atoms. The summed E-state index contributed by atoms with van der Waals surface area (Å²) in [5, 5.41) is 13.8. The molecule has 3 rings (SSSR count). The lowest BCUT2D eigenvalue weighted by molar-refractivity contribution is 0.0919. The van der Waals surface area contributed by atoms with Crippen LogP contribution < -0.4 is 5.32 Å². The van der Waals surface area contributed by atoms with Crippen molar-refractivity contribution in [2.24, 2.45) is 0 Å². The maximum atomic E-state index is 12.7. The third-order valence-corrected chi connectivity index (χ3v) is 5.32. The second kappa shape index (κ2) is 7.78. The second-order valence-corrected chi connectivity index (χ2v) is 6.94. The van der Waals surface area contributed by atoms with Crippen LogP contribution in [-0.2, 0) is 0 Å². The Morgan fingerprint density at radius 2 is 1.88 bits per heavy atom. The number of rotatable bonds is 5. The minimum Gasteiger partial charge on any atom is -0.394 e. The van der Waals surface area contributed by atoms with Crippen LogP contribution in [0.15, 0.2) is 54.6 Å². The fourth-order valence-electron chi connectivity index (χ4n) is 2.50. The van der Waals surface area contributed by atoms with Gasteiger partial charge in [0.1, 0.15) is 9.88 Å². The first-order chi connectivity index (χ1) is 12.1. The first-order valence-corrected chi connectivity index (χ1v) is 8.98. The number of aryl methyl sites for hydroxylation is 1. The SMILES string of the molecule is Cc1nc(-c2ccccc2Cl)sc1C(=O)N[C@H](CO)c1ccccc1. The van der Waals surface area contributed by atoms with E-state index >= 15 is 0 Å². The van der Waals surface area contributed by atoms with Crippen molar-refractivity contribution in [3.8, 4) is 10.6 Å². The van der Waals surface area contributed by atoms with Gasteiger partial charge in [0.25, 0.3) is 5.91 Å². The van der Waals surface area contributed by atoms with E-state index in [0.717, 1.165) is 11.1 Å². The predicted molar refractivity (Wildman–Crippen MR) is 101 cm³/mol. The van der Waals surface area contributed by atoms with E-state index in [-0.39, 0.29) is 12.5 Å². The van der Waals surface area contributed by atoms with Crippen molar-refractivity contribution in [3.63, 3.8) is 0 Å². The van der Waals surface area contributed by atoms with Crippen LogP contribution >= 0.6 is 22.9 Å². The van der Waals surface area contributed by atoms with E-state index in [1.54, 1.807) is 13.0 Å². The third-order valence-electron chi connectivity index (χ3n) is 3.80. The molecule has 6 heteroatoms. The number of amides is 1. The number of hydrogen-bond acceptors (Lipinski definition) is 4. The van der Waals surface area contributed by atoms with Crippen LogP contribution in [0.25, 0.3) is 10.6 Å². The highest BCUT2D eigenvalue weighted by atomic mass is 35.5. The van der Waals surface area contributed by atoms with Crippen molar-refractivity contribution in [3.05, 3.63) is 75.8 Å². The van der Waals surface area contributed by atoms with Crippen molar-refractivity contribution < 1.29 is 9.90 Å². The molecule has 1 aromatic heterocycles. The van der Waals surface area contributed by atoms with Gasteiger partial charge in [-0.25, -0.2) is 4.98 Å². The van der Waals surface area contributed by atoms with Gasteiger partial charge in [0.15, 0.2) is 0 Å². The molecule has 128 valence electrons. The molecule has 2 aromatic carbocycles. The van der Waals surface area contributed by atoms with E-state index in [1.165, 1.54) is 11.3 Å². The summed E-state index contributed by atoms with van der Waals surface area (Å²) in [5.74, 6) is -0.254. The molecule has 0 fully saturated rings. The summed E-state index contributed by atoms with van der Waals surface area (Å²) in [6, 6.07) is 16.3. The van der Waals surface area contributed by atoms with E-state index in [9.17, 15) is 9.90 Å². The first kappa shape index (κ1) is 17.6. The van der Waals surface area contributed by atoms with Gasteiger partial charge in [0, 0.05) is 5.56 Å². The van der Waals surface area contributed by atoms with Gasteiger partial charge in [-0.2, -0.15) is 0 Å². The number of carbonyl (C=O) groups excluding carboxylic acids is 1. The van der Waals surface area contributed by atoms with Crippen LogP contribution in [-0.4, -0.2) is 22.6 Å². The molecule has 0 aliphatic heterocycles. The molecular formula is C19H17ClN2O2S. The molecule has 4 nitrogen and oxygen atoms in total. The topological polar surface area (TPSA) is 62.2 Å². The standard InChI is InChI=1S/C19H17ClN2O2S/c1-12-17(25-19(21-12)14-9-5-6-10-15(14)20)18(24)22-16(11-23)13-7-3-2-4-8-13/h2-10,16,23H,11H2,1H3,(H,22,24)/t16-/m1/s1. The number of thiazole rings is 1. The average Bonchev–Trinajstić information content (AvgIpc) is 3.02. The van der Waals surface area contributed by atoms with E-state index in [2.05, 4.69) is 10.3 Å². The van der Waals surface area contributed by atoms with Gasteiger partial charge in [0.05, 0.1) is 23.4 Å². The number of hydrogen-bond donors (Lipinski definition) is 2. The smallest absolute Gasteiger partial charge is 0.263 e. The van der Waals surface area contributed by atoms with Crippen molar-refractivity contribution in [2.45, 2.75) is 13.0 Å². The summed E-state index contributed by atoms with van der Waals surface area (Å²) >= 11 is 7.51. The molecule has 0 saturated heterocycles. The van der Waals surface area contributed by atoms with Gasteiger partial charge in [-0.05, 0) is 18.6 Å². The van der Waals surface area contributed by atoms with Gasteiger partial charge >= 0.3 is 0 Å². The number of aliphatic hydroxyl groups excluding tert-OH is 1. The fraction of sp³-hybridized carbons (Fsp3) is 0.158. The normalized spacial score (nSPS) is 12.0. The lowest BCUT2D eigenvalue weighted by Gasteiger charge is -2.16. The van der Waals surface area contributed by atoms with Gasteiger partial charge in [-0.1, -0.05) is 60.1 Å². The van der Waals surface area contributed by atoms with Crippen LogP contribution in [0.1, 0.15) is 27.0 Å². The molecule has 1 heterocycles. The summed E-state index contributed by atoms with van der Waals surface area (Å²) < 4.78 is 0. The quantitative estimate of drug-likeness (QED) is 0.704. The number of aromatic nitrogens is 1. The van der Waals surface area contributed by atoms with Crippen molar-refractivity contribution in [2.75, 3.05) is 6.61 Å². The summed E-state index contributed by atoms with van der Waals surface area (Å²) in [6.45, 7) is 1.62. The number of carbonyl (C=O) groups is 1. The van der Waals surface area contributed by atoms with Crippen LogP contribution in [0.5, 0.6) is 0 Å². The molecule has 0 spiro atoms. The molecule has 0 aliphatic rings. The maximum absolute atomic E-state index is 12.7. The van der Waals surface area contributed by atoms with Crippen LogP contribution in [0, 0.1) is 6.92 Å². The number of aliphatic hydroxyl groups is 1. The number of benzene rings is 2. The van der Waals surface area contributed by atoms with Crippen molar-refractivity contribution in [1.29, 1.82) is 0 Å². The number of halogens is 1. The highest BCUT2D eigenvalue weighted by molar-refractivity contribution is 7.17. The third kappa shape index (κ3) is 3.90. The van der Waals surface area contributed by atoms with Gasteiger partial charge in [-0.15, -0.1) is 11.3 Å². The Kier molecular flexibility index (Phi) is 5.48. The summed E-state index contributed by atoms with van der Waals surface area (Å²) in [5.41, 5.74) is 2.30. The number of nitrogens with one attached hydrogen (secondary N) is 1. The zero-order chi connectivity index (χ0) is 17.8. The Hall–Kier alpha value is -2.21.